The van der Waals surface area contributed by atoms with E-state index in [1.165, 1.54) is 57.0 Å². The van der Waals surface area contributed by atoms with Crippen LogP contribution in [0.4, 0.5) is 5.82 Å². The van der Waals surface area contributed by atoms with Crippen LogP contribution in [0.1, 0.15) is 16.1 Å². The number of hydrogen-bond donors (Lipinski definition) is 1. The molecule has 2 heterocycles. The number of aliphatic hydroxyl groups is 1. The monoisotopic (exact) mass is 444 g/mol. The molecule has 1 unspecified atom stereocenters. The lowest BCUT2D eigenvalue weighted by molar-refractivity contribution is 0.0153. The van der Waals surface area contributed by atoms with Crippen LogP contribution in [0.15, 0.2) is 17.3 Å². The van der Waals surface area contributed by atoms with Gasteiger partial charge in [-0.2, -0.15) is 4.98 Å². The molecule has 2 aromatic rings. The lowest BCUT2D eigenvalue weighted by Gasteiger charge is -2.35. The Kier molecular flexibility index (Phi) is 5.41. The number of anilines is 1. The Balaban J connectivity index is 2.09. The Morgan fingerprint density at radius 2 is 1.76 bits per heavy atom. The number of sulfone groups is 1. The van der Waals surface area contributed by atoms with Crippen molar-refractivity contribution in [2.45, 2.75) is 17.3 Å². The minimum atomic E-state index is -4.00. The van der Waals surface area contributed by atoms with Crippen LogP contribution in [-0.4, -0.2) is 68.5 Å². The Hall–Kier alpha value is -2.50. The van der Waals surface area contributed by atoms with E-state index in [0.29, 0.717) is 11.3 Å². The number of ether oxygens (including phenoxy) is 2. The number of aliphatic hydroxyl groups excluding tert-OH is 1. The number of methoxy groups -OCH3 is 2. The van der Waals surface area contributed by atoms with Gasteiger partial charge in [0.15, 0.2) is 11.5 Å². The molecular formula is C17H21ClN4O6S. The molecule has 0 spiro atoms. The molecule has 29 heavy (non-hydrogen) atoms. The fraction of sp³-hybridized carbons (Fsp3) is 0.412. The number of carbonyl (C=O) groups excluding carboxylic acids is 1. The number of benzene rings is 1. The molecule has 3 rings (SSSR count). The van der Waals surface area contributed by atoms with E-state index in [1.807, 2.05) is 0 Å². The van der Waals surface area contributed by atoms with E-state index in [-0.39, 0.29) is 27.4 Å². The largest absolute Gasteiger partial charge is 0.496 e. The highest BCUT2D eigenvalue weighted by Crippen LogP contribution is 2.35. The molecule has 0 fully saturated rings. The van der Waals surface area contributed by atoms with E-state index in [1.54, 1.807) is 0 Å². The zero-order valence-corrected chi connectivity index (χ0v) is 18.1. The Labute approximate surface area is 173 Å². The third-order valence-corrected chi connectivity index (χ3v) is 6.67. The van der Waals surface area contributed by atoms with Crippen molar-refractivity contribution >= 4 is 33.2 Å². The molecule has 158 valence electrons. The van der Waals surface area contributed by atoms with Crippen LogP contribution < -0.4 is 14.4 Å². The maximum absolute atomic E-state index is 13.2. The summed E-state index contributed by atoms with van der Waals surface area (Å²) in [6.45, 7) is 0. The van der Waals surface area contributed by atoms with Crippen molar-refractivity contribution in [2.75, 3.05) is 33.2 Å². The van der Waals surface area contributed by atoms with Gasteiger partial charge in [0, 0.05) is 32.8 Å². The standard InChI is InChI=1S/C17H21ClN4O6S/c1-20-13-14(21(2)17(24)22(3)15(13)23)19-16(20)29(25,26)8-9-6-12(28-5)10(18)7-11(9)27-4/h6-7,17,24H,8H2,1-5H3. The fourth-order valence-electron chi connectivity index (χ4n) is 3.17. The number of fused-ring (bicyclic) bond motifs is 1. The zero-order chi connectivity index (χ0) is 21.7. The zero-order valence-electron chi connectivity index (χ0n) is 16.5. The predicted molar refractivity (Wildman–Crippen MR) is 105 cm³/mol. The summed E-state index contributed by atoms with van der Waals surface area (Å²) in [5, 5.41) is 10.1. The van der Waals surface area contributed by atoms with Crippen LogP contribution >= 0.6 is 11.6 Å². The highest BCUT2D eigenvalue weighted by Gasteiger charge is 2.39. The first-order valence-electron chi connectivity index (χ1n) is 8.41. The summed E-state index contributed by atoms with van der Waals surface area (Å²) in [6, 6.07) is 2.95. The van der Waals surface area contributed by atoms with Crippen LogP contribution in [0.3, 0.4) is 0 Å². The van der Waals surface area contributed by atoms with Crippen LogP contribution in [0.25, 0.3) is 0 Å². The molecule has 1 aromatic carbocycles. The molecule has 0 aliphatic carbocycles. The number of nitrogens with zero attached hydrogens (tertiary/aromatic N) is 4. The molecule has 10 nitrogen and oxygen atoms in total. The molecular weight excluding hydrogens is 424 g/mol. The van der Waals surface area contributed by atoms with Crippen LogP contribution in [0.2, 0.25) is 5.02 Å². The van der Waals surface area contributed by atoms with Gasteiger partial charge in [0.1, 0.15) is 11.5 Å². The van der Waals surface area contributed by atoms with Crippen molar-refractivity contribution in [3.63, 3.8) is 0 Å². The minimum absolute atomic E-state index is 0.0690. The maximum atomic E-state index is 13.2. The normalized spacial score (nSPS) is 16.8. The van der Waals surface area contributed by atoms with Gasteiger partial charge in [-0.25, -0.2) is 8.42 Å². The Morgan fingerprint density at radius 3 is 2.34 bits per heavy atom. The van der Waals surface area contributed by atoms with Crippen molar-refractivity contribution in [2.24, 2.45) is 7.05 Å². The molecule has 0 saturated heterocycles. The number of imidazole rings is 1. The van der Waals surface area contributed by atoms with E-state index in [9.17, 15) is 18.3 Å². The summed E-state index contributed by atoms with van der Waals surface area (Å²) in [6.07, 6.45) is -1.25. The number of amides is 1. The van der Waals surface area contributed by atoms with Crippen molar-refractivity contribution in [1.29, 1.82) is 0 Å². The molecule has 1 N–H and O–H groups in total. The summed E-state index contributed by atoms with van der Waals surface area (Å²) >= 11 is 6.08. The fourth-order valence-corrected chi connectivity index (χ4v) is 4.90. The summed E-state index contributed by atoms with van der Waals surface area (Å²) in [5.41, 5.74) is 0.395. The lowest BCUT2D eigenvalue weighted by atomic mass is 10.2. The molecule has 1 aliphatic rings. The second-order valence-corrected chi connectivity index (χ2v) is 8.85. The van der Waals surface area contributed by atoms with Gasteiger partial charge in [0.2, 0.25) is 21.3 Å². The molecule has 1 atom stereocenters. The predicted octanol–water partition coefficient (Wildman–Crippen LogP) is 0.862. The van der Waals surface area contributed by atoms with Crippen molar-refractivity contribution in [3.8, 4) is 11.5 Å². The summed E-state index contributed by atoms with van der Waals surface area (Å²) < 4.78 is 37.9. The smallest absolute Gasteiger partial charge is 0.277 e. The summed E-state index contributed by atoms with van der Waals surface area (Å²) in [4.78, 5) is 19.1. The number of carbonyl (C=O) groups is 1. The average Bonchev–Trinajstić information content (AvgIpc) is 3.03. The van der Waals surface area contributed by atoms with Gasteiger partial charge >= 0.3 is 0 Å². The van der Waals surface area contributed by atoms with E-state index >= 15 is 0 Å². The quantitative estimate of drug-likeness (QED) is 0.722. The molecule has 12 heteroatoms. The van der Waals surface area contributed by atoms with Gasteiger partial charge in [-0.3, -0.25) is 9.69 Å². The molecule has 0 saturated carbocycles. The van der Waals surface area contributed by atoms with Gasteiger partial charge in [-0.1, -0.05) is 11.6 Å². The Bertz CT molecular complexity index is 1080. The molecule has 1 aliphatic heterocycles. The molecule has 0 radical (unpaired) electrons. The molecule has 0 bridgehead atoms. The first-order chi connectivity index (χ1) is 13.5. The minimum Gasteiger partial charge on any atom is -0.496 e. The van der Waals surface area contributed by atoms with Crippen molar-refractivity contribution in [1.82, 2.24) is 14.5 Å². The number of halogens is 1. The Morgan fingerprint density at radius 1 is 1.14 bits per heavy atom. The van der Waals surface area contributed by atoms with E-state index in [4.69, 9.17) is 21.1 Å². The lowest BCUT2D eigenvalue weighted by Crippen LogP contribution is -2.52. The SMILES string of the molecule is COc1cc(CS(=O)(=O)c2nc3c(n2C)C(=O)N(C)C(O)N3C)c(OC)cc1Cl. The second-order valence-electron chi connectivity index (χ2n) is 6.56. The summed E-state index contributed by atoms with van der Waals surface area (Å²) in [5.74, 6) is -0.322. The van der Waals surface area contributed by atoms with Crippen LogP contribution in [-0.2, 0) is 22.6 Å². The van der Waals surface area contributed by atoms with E-state index in [0.717, 1.165) is 4.90 Å². The van der Waals surface area contributed by atoms with Gasteiger partial charge in [0.05, 0.1) is 25.0 Å². The van der Waals surface area contributed by atoms with Gasteiger partial charge in [-0.15, -0.1) is 0 Å². The van der Waals surface area contributed by atoms with Gasteiger partial charge < -0.3 is 24.0 Å². The number of hydrogen-bond acceptors (Lipinski definition) is 8. The topological polar surface area (TPSA) is 114 Å². The van der Waals surface area contributed by atoms with Gasteiger partial charge in [0.25, 0.3) is 5.91 Å². The second kappa shape index (κ2) is 7.39. The third-order valence-electron chi connectivity index (χ3n) is 4.76. The van der Waals surface area contributed by atoms with Crippen LogP contribution in [0, 0.1) is 0 Å². The van der Waals surface area contributed by atoms with E-state index < -0.39 is 27.8 Å². The van der Waals surface area contributed by atoms with Crippen molar-refractivity contribution < 1.29 is 27.8 Å². The molecule has 1 amide bonds. The molecule has 1 aromatic heterocycles. The van der Waals surface area contributed by atoms with Gasteiger partial charge in [-0.05, 0) is 6.07 Å². The highest BCUT2D eigenvalue weighted by molar-refractivity contribution is 7.90. The first kappa shape index (κ1) is 21.2. The number of aromatic nitrogens is 2. The maximum Gasteiger partial charge on any atom is 0.277 e. The number of rotatable bonds is 5. The summed E-state index contributed by atoms with van der Waals surface area (Å²) in [7, 11) is 3.20. The van der Waals surface area contributed by atoms with Crippen LogP contribution in [0.5, 0.6) is 11.5 Å². The third kappa shape index (κ3) is 3.38. The first-order valence-corrected chi connectivity index (χ1v) is 10.4. The highest BCUT2D eigenvalue weighted by atomic mass is 35.5. The van der Waals surface area contributed by atoms with E-state index in [2.05, 4.69) is 4.98 Å². The van der Waals surface area contributed by atoms with Crippen molar-refractivity contribution in [3.05, 3.63) is 28.4 Å². The average molecular weight is 445 g/mol.